The molecule has 0 aliphatic carbocycles. The van der Waals surface area contributed by atoms with E-state index in [1.165, 1.54) is 34.6 Å². The quantitative estimate of drug-likeness (QED) is 0.427. The van der Waals surface area contributed by atoms with E-state index in [-0.39, 0.29) is 17.1 Å². The Morgan fingerprint density at radius 2 is 1.81 bits per heavy atom. The lowest BCUT2D eigenvalue weighted by molar-refractivity contribution is 0.0473. The van der Waals surface area contributed by atoms with Crippen molar-refractivity contribution in [1.29, 1.82) is 0 Å². The molecule has 1 saturated heterocycles. The summed E-state index contributed by atoms with van der Waals surface area (Å²) in [6.45, 7) is 4.63. The lowest BCUT2D eigenvalue weighted by Crippen LogP contribution is -2.35. The third-order valence-electron chi connectivity index (χ3n) is 5.90. The fourth-order valence-electron chi connectivity index (χ4n) is 3.91. The van der Waals surface area contributed by atoms with Crippen LogP contribution in [0.15, 0.2) is 56.6 Å². The monoisotopic (exact) mass is 455 g/mol. The van der Waals surface area contributed by atoms with Gasteiger partial charge in [0.15, 0.2) is 0 Å². The second-order valence-electron chi connectivity index (χ2n) is 8.04. The molecule has 0 unspecified atom stereocenters. The van der Waals surface area contributed by atoms with Gasteiger partial charge in [-0.05, 0) is 56.0 Å². The summed E-state index contributed by atoms with van der Waals surface area (Å²) in [4.78, 5) is 24.8. The third kappa shape index (κ3) is 4.33. The molecule has 3 aromatic rings. The molecule has 2 heterocycles. The van der Waals surface area contributed by atoms with E-state index in [4.69, 9.17) is 9.15 Å². The first-order valence-electron chi connectivity index (χ1n) is 10.6. The summed E-state index contributed by atoms with van der Waals surface area (Å²) < 4.78 is 38.1. The highest BCUT2D eigenvalue weighted by Crippen LogP contribution is 2.25. The van der Waals surface area contributed by atoms with Crippen molar-refractivity contribution in [2.75, 3.05) is 13.1 Å². The highest BCUT2D eigenvalue weighted by Gasteiger charge is 2.26. The molecule has 0 radical (unpaired) electrons. The van der Waals surface area contributed by atoms with Gasteiger partial charge < -0.3 is 9.15 Å². The first-order chi connectivity index (χ1) is 15.3. The number of sulfonamides is 1. The van der Waals surface area contributed by atoms with E-state index in [9.17, 15) is 18.0 Å². The maximum absolute atomic E-state index is 12.9. The van der Waals surface area contributed by atoms with Crippen LogP contribution in [-0.2, 0) is 21.4 Å². The molecule has 32 heavy (non-hydrogen) atoms. The summed E-state index contributed by atoms with van der Waals surface area (Å²) in [5, 5.41) is 0.696. The van der Waals surface area contributed by atoms with Gasteiger partial charge in [0.2, 0.25) is 10.0 Å². The average Bonchev–Trinajstić information content (AvgIpc) is 2.80. The fourth-order valence-corrected chi connectivity index (χ4v) is 5.47. The van der Waals surface area contributed by atoms with Crippen LogP contribution < -0.4 is 5.63 Å². The zero-order valence-corrected chi connectivity index (χ0v) is 18.9. The Morgan fingerprint density at radius 1 is 1.06 bits per heavy atom. The highest BCUT2D eigenvalue weighted by molar-refractivity contribution is 7.89. The molecule has 1 aliphatic rings. The number of carbonyl (C=O) groups excluding carboxylic acids is 1. The molecule has 2 aromatic carbocycles. The van der Waals surface area contributed by atoms with E-state index < -0.39 is 21.6 Å². The second-order valence-corrected chi connectivity index (χ2v) is 9.98. The molecule has 0 amide bonds. The Bertz CT molecular complexity index is 1340. The third-order valence-corrected chi connectivity index (χ3v) is 7.79. The average molecular weight is 456 g/mol. The van der Waals surface area contributed by atoms with Gasteiger partial charge in [-0.2, -0.15) is 4.31 Å². The second kappa shape index (κ2) is 8.88. The normalized spacial score (nSPS) is 15.1. The first kappa shape index (κ1) is 22.2. The van der Waals surface area contributed by atoms with Gasteiger partial charge in [0, 0.05) is 30.1 Å². The van der Waals surface area contributed by atoms with Gasteiger partial charge in [-0.25, -0.2) is 18.0 Å². The summed E-state index contributed by atoms with van der Waals surface area (Å²) in [5.41, 5.74) is 2.46. The van der Waals surface area contributed by atoms with Crippen molar-refractivity contribution in [1.82, 2.24) is 4.31 Å². The van der Waals surface area contributed by atoms with E-state index in [1.807, 2.05) is 26.0 Å². The number of aryl methyl sites for hydroxylation is 2. The molecule has 0 atom stereocenters. The topological polar surface area (TPSA) is 93.9 Å². The van der Waals surface area contributed by atoms with Crippen LogP contribution in [-0.4, -0.2) is 31.8 Å². The van der Waals surface area contributed by atoms with Gasteiger partial charge in [-0.15, -0.1) is 0 Å². The Kier molecular flexibility index (Phi) is 6.17. The van der Waals surface area contributed by atoms with Crippen LogP contribution in [0, 0.1) is 13.8 Å². The van der Waals surface area contributed by atoms with Crippen molar-refractivity contribution in [2.24, 2.45) is 0 Å². The number of hydrogen-bond donors (Lipinski definition) is 0. The Hall–Kier alpha value is -2.97. The number of carbonyl (C=O) groups is 1. The maximum Gasteiger partial charge on any atom is 0.338 e. The Labute approximate surface area is 186 Å². The summed E-state index contributed by atoms with van der Waals surface area (Å²) >= 11 is 0. The molecule has 1 aromatic heterocycles. The van der Waals surface area contributed by atoms with Crippen LogP contribution >= 0.6 is 0 Å². The molecule has 4 rings (SSSR count). The van der Waals surface area contributed by atoms with Gasteiger partial charge in [-0.1, -0.05) is 24.6 Å². The SMILES string of the molecule is Cc1ccc2c(COC(=O)c3cccc(S(=O)(=O)N4CCCCC4)c3)cc(=O)oc2c1C. The van der Waals surface area contributed by atoms with Gasteiger partial charge in [-0.3, -0.25) is 0 Å². The van der Waals surface area contributed by atoms with Crippen LogP contribution in [0.4, 0.5) is 0 Å². The minimum Gasteiger partial charge on any atom is -0.457 e. The first-order valence-corrected chi connectivity index (χ1v) is 12.0. The molecule has 8 heteroatoms. The van der Waals surface area contributed by atoms with E-state index in [1.54, 1.807) is 0 Å². The van der Waals surface area contributed by atoms with Crippen LogP contribution in [0.25, 0.3) is 11.0 Å². The Morgan fingerprint density at radius 3 is 2.56 bits per heavy atom. The predicted molar refractivity (Wildman–Crippen MR) is 120 cm³/mol. The lowest BCUT2D eigenvalue weighted by Gasteiger charge is -2.25. The molecule has 0 saturated carbocycles. The van der Waals surface area contributed by atoms with E-state index >= 15 is 0 Å². The highest BCUT2D eigenvalue weighted by atomic mass is 32.2. The van der Waals surface area contributed by atoms with Crippen molar-refractivity contribution in [3.8, 4) is 0 Å². The fraction of sp³-hybridized carbons (Fsp3) is 0.333. The molecule has 0 bridgehead atoms. The minimum atomic E-state index is -3.66. The number of piperidine rings is 1. The molecule has 7 nitrogen and oxygen atoms in total. The van der Waals surface area contributed by atoms with Crippen LogP contribution in [0.2, 0.25) is 0 Å². The molecule has 1 fully saturated rings. The summed E-state index contributed by atoms with van der Waals surface area (Å²) in [6, 6.07) is 10.9. The largest absolute Gasteiger partial charge is 0.457 e. The summed E-state index contributed by atoms with van der Waals surface area (Å²) in [5.74, 6) is -0.661. The van der Waals surface area contributed by atoms with E-state index in [0.717, 1.165) is 30.4 Å². The van der Waals surface area contributed by atoms with E-state index in [2.05, 4.69) is 0 Å². The number of rotatable bonds is 5. The number of hydrogen-bond acceptors (Lipinski definition) is 6. The standard InChI is InChI=1S/C24H25NO6S/c1-16-9-10-21-19(14-22(26)31-23(21)17(16)2)15-30-24(27)18-7-6-8-20(13-18)32(28,29)25-11-4-3-5-12-25/h6-10,13-14H,3-5,11-12,15H2,1-2H3. The molecule has 1 aliphatic heterocycles. The van der Waals surface area contributed by atoms with Gasteiger partial charge >= 0.3 is 11.6 Å². The smallest absolute Gasteiger partial charge is 0.338 e. The number of ether oxygens (including phenoxy) is 1. The maximum atomic E-state index is 12.9. The number of benzene rings is 2. The van der Waals surface area contributed by atoms with Crippen molar-refractivity contribution in [3.63, 3.8) is 0 Å². The van der Waals surface area contributed by atoms with Gasteiger partial charge in [0.25, 0.3) is 0 Å². The summed E-state index contributed by atoms with van der Waals surface area (Å²) in [6.07, 6.45) is 2.68. The summed E-state index contributed by atoms with van der Waals surface area (Å²) in [7, 11) is -3.66. The Balaban J connectivity index is 1.56. The van der Waals surface area contributed by atoms with Crippen LogP contribution in [0.5, 0.6) is 0 Å². The van der Waals surface area contributed by atoms with Crippen molar-refractivity contribution in [3.05, 3.63) is 75.1 Å². The lowest BCUT2D eigenvalue weighted by atomic mass is 10.0. The number of esters is 1. The zero-order chi connectivity index (χ0) is 22.9. The zero-order valence-electron chi connectivity index (χ0n) is 18.1. The predicted octanol–water partition coefficient (Wildman–Crippen LogP) is 3.94. The number of fused-ring (bicyclic) bond motifs is 1. The van der Waals surface area contributed by atoms with Crippen molar-refractivity contribution >= 4 is 27.0 Å². The minimum absolute atomic E-state index is 0.0748. The van der Waals surface area contributed by atoms with Crippen molar-refractivity contribution in [2.45, 2.75) is 44.6 Å². The number of nitrogens with zero attached hydrogens (tertiary/aromatic N) is 1. The van der Waals surface area contributed by atoms with Gasteiger partial charge in [0.05, 0.1) is 10.5 Å². The van der Waals surface area contributed by atoms with Gasteiger partial charge in [0.1, 0.15) is 12.2 Å². The van der Waals surface area contributed by atoms with Crippen LogP contribution in [0.1, 0.15) is 46.3 Å². The molecule has 0 N–H and O–H groups in total. The molecule has 168 valence electrons. The van der Waals surface area contributed by atoms with Crippen LogP contribution in [0.3, 0.4) is 0 Å². The van der Waals surface area contributed by atoms with Crippen molar-refractivity contribution < 1.29 is 22.4 Å². The molecular weight excluding hydrogens is 430 g/mol. The molecule has 0 spiro atoms. The molecular formula is C24H25NO6S. The van der Waals surface area contributed by atoms with E-state index in [0.29, 0.717) is 29.6 Å².